The molecule has 8 nitrogen and oxygen atoms in total. The highest BCUT2D eigenvalue weighted by molar-refractivity contribution is 7.22. The molecule has 0 radical (unpaired) electrons. The van der Waals surface area contributed by atoms with Crippen LogP contribution in [0, 0.1) is 0 Å². The summed E-state index contributed by atoms with van der Waals surface area (Å²) in [5, 5.41) is 4.17. The molecule has 4 aromatic carbocycles. The Kier molecular flexibility index (Phi) is 10.3. The molecule has 0 unspecified atom stereocenters. The lowest BCUT2D eigenvalue weighted by atomic mass is 10.1. The van der Waals surface area contributed by atoms with Gasteiger partial charge < -0.3 is 28.4 Å². The molecule has 0 amide bonds. The van der Waals surface area contributed by atoms with Gasteiger partial charge in [0.05, 0.1) is 60.1 Å². The van der Waals surface area contributed by atoms with Gasteiger partial charge in [-0.05, 0) is 60.7 Å². The summed E-state index contributed by atoms with van der Waals surface area (Å²) >= 11 is 3.38. The van der Waals surface area contributed by atoms with E-state index >= 15 is 0 Å². The Labute approximate surface area is 264 Å². The summed E-state index contributed by atoms with van der Waals surface area (Å²) in [6, 6.07) is 24.8. The minimum atomic E-state index is 0.495. The van der Waals surface area contributed by atoms with Crippen molar-refractivity contribution in [3.8, 4) is 32.6 Å². The molecule has 0 aliphatic heterocycles. The van der Waals surface area contributed by atoms with E-state index in [1.807, 2.05) is 24.3 Å². The highest BCUT2D eigenvalue weighted by Crippen LogP contribution is 2.39. The number of nitrogens with zero attached hydrogens (tertiary/aromatic N) is 2. The van der Waals surface area contributed by atoms with Crippen molar-refractivity contribution in [1.82, 2.24) is 9.97 Å². The average molecular weight is 631 g/mol. The van der Waals surface area contributed by atoms with Gasteiger partial charge in [0.25, 0.3) is 0 Å². The van der Waals surface area contributed by atoms with Crippen LogP contribution >= 0.6 is 22.7 Å². The Hall–Kier alpha value is -3.64. The van der Waals surface area contributed by atoms with E-state index in [1.54, 1.807) is 36.9 Å². The van der Waals surface area contributed by atoms with Gasteiger partial charge in [0.2, 0.25) is 0 Å². The van der Waals surface area contributed by atoms with Gasteiger partial charge in [-0.25, -0.2) is 9.97 Å². The first-order valence-electron chi connectivity index (χ1n) is 14.5. The van der Waals surface area contributed by atoms with E-state index in [0.29, 0.717) is 52.9 Å². The van der Waals surface area contributed by atoms with E-state index in [0.717, 1.165) is 63.8 Å². The zero-order valence-electron chi connectivity index (χ0n) is 24.7. The van der Waals surface area contributed by atoms with E-state index < -0.39 is 0 Å². The molecule has 0 fully saturated rings. The van der Waals surface area contributed by atoms with Crippen LogP contribution in [0.3, 0.4) is 0 Å². The number of hydrogen-bond acceptors (Lipinski definition) is 10. The lowest BCUT2D eigenvalue weighted by Gasteiger charge is -2.07. The van der Waals surface area contributed by atoms with Gasteiger partial charge in [0.1, 0.15) is 34.7 Å². The van der Waals surface area contributed by atoms with Crippen LogP contribution in [0.4, 0.5) is 0 Å². The van der Waals surface area contributed by atoms with Crippen molar-refractivity contribution in [3.63, 3.8) is 0 Å². The highest BCUT2D eigenvalue weighted by Gasteiger charge is 2.14. The van der Waals surface area contributed by atoms with Crippen LogP contribution < -0.4 is 9.47 Å². The molecule has 10 heteroatoms. The SMILES string of the molecule is COCCOCCOc1ccc(-c2nc3c(ccc4c3ccc3sc(-c5ccc(OCCOCCOC)cc5)nc34)s2)cc1. The number of thiazole rings is 2. The molecule has 6 rings (SSSR count). The van der Waals surface area contributed by atoms with E-state index in [-0.39, 0.29) is 0 Å². The van der Waals surface area contributed by atoms with Gasteiger partial charge in [-0.3, -0.25) is 0 Å². The largest absolute Gasteiger partial charge is 0.491 e. The average Bonchev–Trinajstić information content (AvgIpc) is 3.70. The van der Waals surface area contributed by atoms with Gasteiger partial charge in [-0.2, -0.15) is 0 Å². The van der Waals surface area contributed by atoms with E-state index in [2.05, 4.69) is 48.5 Å². The molecule has 0 atom stereocenters. The Morgan fingerprint density at radius 1 is 0.477 bits per heavy atom. The second-order valence-corrected chi connectivity index (χ2v) is 12.0. The first-order valence-corrected chi connectivity index (χ1v) is 16.1. The molecule has 0 aliphatic rings. The zero-order valence-corrected chi connectivity index (χ0v) is 26.4. The third kappa shape index (κ3) is 7.18. The summed E-state index contributed by atoms with van der Waals surface area (Å²) in [5.41, 5.74) is 4.12. The van der Waals surface area contributed by atoms with Crippen LogP contribution in [-0.2, 0) is 18.9 Å². The quantitative estimate of drug-likeness (QED) is 0.102. The summed E-state index contributed by atoms with van der Waals surface area (Å²) in [6.45, 7) is 4.34. The molecule has 6 aromatic rings. The molecule has 0 bridgehead atoms. The fourth-order valence-corrected chi connectivity index (χ4v) is 6.72. The molecule has 2 heterocycles. The second-order valence-electron chi connectivity index (χ2n) is 9.91. The summed E-state index contributed by atoms with van der Waals surface area (Å²) in [6.07, 6.45) is 0. The number of benzene rings is 4. The second kappa shape index (κ2) is 14.9. The first-order chi connectivity index (χ1) is 21.7. The van der Waals surface area contributed by atoms with E-state index in [1.165, 1.54) is 0 Å². The van der Waals surface area contributed by atoms with Crippen LogP contribution in [0.1, 0.15) is 0 Å². The van der Waals surface area contributed by atoms with E-state index in [9.17, 15) is 0 Å². The Morgan fingerprint density at radius 3 is 1.30 bits per heavy atom. The van der Waals surface area contributed by atoms with Gasteiger partial charge >= 0.3 is 0 Å². The summed E-state index contributed by atoms with van der Waals surface area (Å²) in [4.78, 5) is 10.1. The standard InChI is InChI=1S/C34H34N2O6S2/c1-37-15-17-39-19-21-41-25-7-3-23(4-8-25)33-35-31-27-12-14-30-32(28(27)11-13-29(31)43-33)36-34(44-30)24-5-9-26(10-6-24)42-22-20-40-18-16-38-2/h3-14H,15-22H2,1-2H3. The number of fused-ring (bicyclic) bond motifs is 5. The molecule has 44 heavy (non-hydrogen) atoms. The molecule has 0 saturated heterocycles. The maximum Gasteiger partial charge on any atom is 0.124 e. The maximum absolute atomic E-state index is 5.80. The lowest BCUT2D eigenvalue weighted by molar-refractivity contribution is 0.0544. The van der Waals surface area contributed by atoms with Crippen LogP contribution in [0.2, 0.25) is 0 Å². The predicted molar refractivity (Wildman–Crippen MR) is 178 cm³/mol. The molecular formula is C34H34N2O6S2. The highest BCUT2D eigenvalue weighted by atomic mass is 32.1. The molecule has 0 aliphatic carbocycles. The van der Waals surface area contributed by atoms with Crippen LogP contribution in [0.5, 0.6) is 11.5 Å². The summed E-state index contributed by atoms with van der Waals surface area (Å²) in [7, 11) is 3.32. The summed E-state index contributed by atoms with van der Waals surface area (Å²) < 4.78 is 34.8. The minimum absolute atomic E-state index is 0.495. The smallest absolute Gasteiger partial charge is 0.124 e. The molecule has 228 valence electrons. The molecule has 2 aromatic heterocycles. The van der Waals surface area contributed by atoms with Crippen LogP contribution in [0.15, 0.2) is 72.8 Å². The number of rotatable bonds is 16. The Bertz CT molecular complexity index is 1670. The zero-order chi connectivity index (χ0) is 30.1. The van der Waals surface area contributed by atoms with Crippen LogP contribution in [0.25, 0.3) is 52.3 Å². The normalized spacial score (nSPS) is 11.6. The fourth-order valence-electron chi connectivity index (χ4n) is 4.75. The maximum atomic E-state index is 5.80. The number of ether oxygens (including phenoxy) is 6. The number of methoxy groups -OCH3 is 2. The van der Waals surface area contributed by atoms with Gasteiger partial charge in [0.15, 0.2) is 0 Å². The fraction of sp³-hybridized carbons (Fsp3) is 0.294. The summed E-state index contributed by atoms with van der Waals surface area (Å²) in [5.74, 6) is 1.62. The van der Waals surface area contributed by atoms with Crippen molar-refractivity contribution in [3.05, 3.63) is 72.8 Å². The topological polar surface area (TPSA) is 81.2 Å². The third-order valence-electron chi connectivity index (χ3n) is 6.97. The van der Waals surface area contributed by atoms with Crippen molar-refractivity contribution in [1.29, 1.82) is 0 Å². The van der Waals surface area contributed by atoms with Gasteiger partial charge in [-0.15, -0.1) is 22.7 Å². The minimum Gasteiger partial charge on any atom is -0.491 e. The Morgan fingerprint density at radius 2 is 0.886 bits per heavy atom. The van der Waals surface area contributed by atoms with Crippen LogP contribution in [-0.4, -0.2) is 77.0 Å². The third-order valence-corrected chi connectivity index (χ3v) is 9.11. The van der Waals surface area contributed by atoms with Gasteiger partial charge in [0, 0.05) is 36.1 Å². The molecule has 0 spiro atoms. The molecule has 0 saturated carbocycles. The lowest BCUT2D eigenvalue weighted by Crippen LogP contribution is -2.09. The van der Waals surface area contributed by atoms with E-state index in [4.69, 9.17) is 38.4 Å². The first kappa shape index (κ1) is 30.4. The van der Waals surface area contributed by atoms with Crippen molar-refractivity contribution >= 4 is 53.9 Å². The van der Waals surface area contributed by atoms with Crippen molar-refractivity contribution < 1.29 is 28.4 Å². The molecule has 0 N–H and O–H groups in total. The monoisotopic (exact) mass is 630 g/mol. The van der Waals surface area contributed by atoms with Crippen molar-refractivity contribution in [2.45, 2.75) is 0 Å². The number of aromatic nitrogens is 2. The van der Waals surface area contributed by atoms with Gasteiger partial charge in [-0.1, -0.05) is 12.1 Å². The van der Waals surface area contributed by atoms with Crippen molar-refractivity contribution in [2.75, 3.05) is 67.1 Å². The van der Waals surface area contributed by atoms with Crippen molar-refractivity contribution in [2.24, 2.45) is 0 Å². The predicted octanol–water partition coefficient (Wildman–Crippen LogP) is 7.48. The molecular weight excluding hydrogens is 597 g/mol. The number of hydrogen-bond donors (Lipinski definition) is 0. The Balaban J connectivity index is 1.16.